The molecular weight excluding hydrogens is 218 g/mol. The van der Waals surface area contributed by atoms with Gasteiger partial charge in [0.25, 0.3) is 0 Å². The summed E-state index contributed by atoms with van der Waals surface area (Å²) in [6.07, 6.45) is 3.73. The molecule has 3 rings (SSSR count). The summed E-state index contributed by atoms with van der Waals surface area (Å²) in [6, 6.07) is 5.94. The van der Waals surface area contributed by atoms with Crippen LogP contribution in [0.15, 0.2) is 30.7 Å². The van der Waals surface area contributed by atoms with Gasteiger partial charge in [-0.15, -0.1) is 0 Å². The molecule has 1 aliphatic heterocycles. The Balaban J connectivity index is 1.80. The zero-order valence-corrected chi connectivity index (χ0v) is 9.30. The van der Waals surface area contributed by atoms with Gasteiger partial charge in [-0.3, -0.25) is 0 Å². The van der Waals surface area contributed by atoms with Crippen molar-refractivity contribution in [3.8, 4) is 11.5 Å². The van der Waals surface area contributed by atoms with Crippen LogP contribution in [0, 0.1) is 0 Å². The standard InChI is InChI=1S/C12H13N3O2/c13-4-10-6-15(7-14-10)5-9-1-2-11-12(3-9)17-8-16-11/h1-3,6-7H,4-5,8,13H2. The lowest BCUT2D eigenvalue weighted by atomic mass is 10.2. The Morgan fingerprint density at radius 1 is 1.29 bits per heavy atom. The maximum absolute atomic E-state index is 5.52. The predicted molar refractivity (Wildman–Crippen MR) is 61.8 cm³/mol. The van der Waals surface area contributed by atoms with Crippen molar-refractivity contribution >= 4 is 0 Å². The summed E-state index contributed by atoms with van der Waals surface area (Å²) in [5.41, 5.74) is 7.56. The highest BCUT2D eigenvalue weighted by Crippen LogP contribution is 2.32. The van der Waals surface area contributed by atoms with E-state index in [1.807, 2.05) is 29.0 Å². The van der Waals surface area contributed by atoms with Crippen molar-refractivity contribution in [2.24, 2.45) is 5.73 Å². The Kier molecular flexibility index (Phi) is 2.45. The van der Waals surface area contributed by atoms with Crippen LogP contribution in [0.2, 0.25) is 0 Å². The first-order valence-electron chi connectivity index (χ1n) is 5.44. The van der Waals surface area contributed by atoms with Gasteiger partial charge in [0, 0.05) is 19.3 Å². The van der Waals surface area contributed by atoms with Crippen molar-refractivity contribution in [1.82, 2.24) is 9.55 Å². The van der Waals surface area contributed by atoms with Gasteiger partial charge in [-0.1, -0.05) is 6.07 Å². The summed E-state index contributed by atoms with van der Waals surface area (Å²) < 4.78 is 12.6. The molecule has 2 aromatic rings. The molecule has 0 amide bonds. The third-order valence-electron chi connectivity index (χ3n) is 2.70. The van der Waals surface area contributed by atoms with Gasteiger partial charge in [0.05, 0.1) is 12.0 Å². The molecule has 2 heterocycles. The molecule has 2 N–H and O–H groups in total. The molecule has 1 aromatic heterocycles. The van der Waals surface area contributed by atoms with Crippen LogP contribution >= 0.6 is 0 Å². The fraction of sp³-hybridized carbons (Fsp3) is 0.250. The normalized spacial score (nSPS) is 13.0. The van der Waals surface area contributed by atoms with E-state index in [-0.39, 0.29) is 0 Å². The van der Waals surface area contributed by atoms with Gasteiger partial charge in [-0.25, -0.2) is 4.98 Å². The average Bonchev–Trinajstić information content (AvgIpc) is 2.96. The third-order valence-corrected chi connectivity index (χ3v) is 2.70. The zero-order chi connectivity index (χ0) is 11.7. The van der Waals surface area contributed by atoms with E-state index in [1.54, 1.807) is 6.33 Å². The Bertz CT molecular complexity index is 536. The summed E-state index contributed by atoms with van der Waals surface area (Å²) in [7, 11) is 0. The van der Waals surface area contributed by atoms with E-state index in [4.69, 9.17) is 15.2 Å². The van der Waals surface area contributed by atoms with E-state index >= 15 is 0 Å². The molecule has 0 atom stereocenters. The molecule has 5 nitrogen and oxygen atoms in total. The minimum atomic E-state index is 0.307. The largest absolute Gasteiger partial charge is 0.454 e. The fourth-order valence-electron chi connectivity index (χ4n) is 1.85. The first kappa shape index (κ1) is 10.2. The van der Waals surface area contributed by atoms with Crippen molar-refractivity contribution < 1.29 is 9.47 Å². The summed E-state index contributed by atoms with van der Waals surface area (Å²) in [4.78, 5) is 4.19. The molecule has 0 unspecified atom stereocenters. The Hall–Kier alpha value is -2.01. The maximum atomic E-state index is 5.52. The number of imidazole rings is 1. The minimum absolute atomic E-state index is 0.307. The number of rotatable bonds is 3. The Morgan fingerprint density at radius 3 is 3.00 bits per heavy atom. The van der Waals surface area contributed by atoms with Gasteiger partial charge in [0.15, 0.2) is 11.5 Å². The summed E-state index contributed by atoms with van der Waals surface area (Å²) in [6.45, 7) is 1.53. The van der Waals surface area contributed by atoms with Crippen LogP contribution in [0.3, 0.4) is 0 Å². The maximum Gasteiger partial charge on any atom is 0.231 e. The van der Waals surface area contributed by atoms with Crippen molar-refractivity contribution in [3.05, 3.63) is 42.0 Å². The monoisotopic (exact) mass is 231 g/mol. The van der Waals surface area contributed by atoms with Gasteiger partial charge in [0.2, 0.25) is 6.79 Å². The van der Waals surface area contributed by atoms with E-state index < -0.39 is 0 Å². The van der Waals surface area contributed by atoms with Gasteiger partial charge in [-0.05, 0) is 17.7 Å². The second kappa shape index (κ2) is 4.10. The van der Waals surface area contributed by atoms with Crippen LogP contribution in [0.5, 0.6) is 11.5 Å². The van der Waals surface area contributed by atoms with E-state index in [1.165, 1.54) is 0 Å². The van der Waals surface area contributed by atoms with Crippen molar-refractivity contribution in [1.29, 1.82) is 0 Å². The summed E-state index contributed by atoms with van der Waals surface area (Å²) in [5.74, 6) is 1.61. The highest BCUT2D eigenvalue weighted by atomic mass is 16.7. The number of ether oxygens (including phenoxy) is 2. The number of hydrogen-bond donors (Lipinski definition) is 1. The van der Waals surface area contributed by atoms with Crippen LogP contribution in [0.4, 0.5) is 0 Å². The van der Waals surface area contributed by atoms with E-state index in [0.717, 1.165) is 29.3 Å². The lowest BCUT2D eigenvalue weighted by Gasteiger charge is -2.03. The number of hydrogen-bond acceptors (Lipinski definition) is 4. The van der Waals surface area contributed by atoms with Gasteiger partial charge >= 0.3 is 0 Å². The van der Waals surface area contributed by atoms with Crippen LogP contribution in [-0.4, -0.2) is 16.3 Å². The van der Waals surface area contributed by atoms with Crippen LogP contribution in [0.25, 0.3) is 0 Å². The molecule has 0 radical (unpaired) electrons. The lowest BCUT2D eigenvalue weighted by molar-refractivity contribution is 0.174. The first-order chi connectivity index (χ1) is 8.35. The third kappa shape index (κ3) is 1.97. The van der Waals surface area contributed by atoms with E-state index in [2.05, 4.69) is 4.98 Å². The molecule has 88 valence electrons. The first-order valence-corrected chi connectivity index (χ1v) is 5.44. The molecule has 0 bridgehead atoms. The van der Waals surface area contributed by atoms with E-state index in [0.29, 0.717) is 13.3 Å². The molecule has 0 saturated heterocycles. The lowest BCUT2D eigenvalue weighted by Crippen LogP contribution is -1.98. The van der Waals surface area contributed by atoms with Gasteiger partial charge in [0.1, 0.15) is 0 Å². The van der Waals surface area contributed by atoms with Crippen LogP contribution in [-0.2, 0) is 13.1 Å². The SMILES string of the molecule is NCc1cn(Cc2ccc3c(c2)OCO3)cn1. The number of aromatic nitrogens is 2. The Labute approximate surface area is 98.8 Å². The van der Waals surface area contributed by atoms with Crippen molar-refractivity contribution in [2.75, 3.05) is 6.79 Å². The number of benzene rings is 1. The molecular formula is C12H13N3O2. The molecule has 0 aliphatic carbocycles. The molecule has 0 fully saturated rings. The highest BCUT2D eigenvalue weighted by molar-refractivity contribution is 5.44. The summed E-state index contributed by atoms with van der Waals surface area (Å²) >= 11 is 0. The van der Waals surface area contributed by atoms with Crippen molar-refractivity contribution in [3.63, 3.8) is 0 Å². The highest BCUT2D eigenvalue weighted by Gasteiger charge is 2.13. The number of fused-ring (bicyclic) bond motifs is 1. The molecule has 17 heavy (non-hydrogen) atoms. The second-order valence-corrected chi connectivity index (χ2v) is 3.93. The molecule has 0 saturated carbocycles. The molecule has 5 heteroatoms. The minimum Gasteiger partial charge on any atom is -0.454 e. The van der Waals surface area contributed by atoms with Crippen molar-refractivity contribution in [2.45, 2.75) is 13.1 Å². The van der Waals surface area contributed by atoms with E-state index in [9.17, 15) is 0 Å². The summed E-state index contributed by atoms with van der Waals surface area (Å²) in [5, 5.41) is 0. The number of nitrogens with zero attached hydrogens (tertiary/aromatic N) is 2. The fourth-order valence-corrected chi connectivity index (χ4v) is 1.85. The molecule has 1 aliphatic rings. The zero-order valence-electron chi connectivity index (χ0n) is 9.30. The quantitative estimate of drug-likeness (QED) is 0.859. The number of nitrogens with two attached hydrogens (primary N) is 1. The van der Waals surface area contributed by atoms with Crippen LogP contribution < -0.4 is 15.2 Å². The smallest absolute Gasteiger partial charge is 0.231 e. The van der Waals surface area contributed by atoms with Gasteiger partial charge < -0.3 is 19.8 Å². The van der Waals surface area contributed by atoms with Crippen LogP contribution in [0.1, 0.15) is 11.3 Å². The molecule has 0 spiro atoms. The van der Waals surface area contributed by atoms with Gasteiger partial charge in [-0.2, -0.15) is 0 Å². The second-order valence-electron chi connectivity index (χ2n) is 3.93. The average molecular weight is 231 g/mol. The topological polar surface area (TPSA) is 62.3 Å². The molecule has 1 aromatic carbocycles. The predicted octanol–water partition coefficient (Wildman–Crippen LogP) is 1.12. The Morgan fingerprint density at radius 2 is 2.18 bits per heavy atom.